The van der Waals surface area contributed by atoms with Crippen molar-refractivity contribution in [3.63, 3.8) is 0 Å². The smallest absolute Gasteiger partial charge is 0.320 e. The Morgan fingerprint density at radius 3 is 2.67 bits per heavy atom. The second-order valence-electron chi connectivity index (χ2n) is 6.54. The van der Waals surface area contributed by atoms with Crippen LogP contribution in [0.15, 0.2) is 42.5 Å². The molecule has 1 aliphatic heterocycles. The van der Waals surface area contributed by atoms with E-state index in [0.29, 0.717) is 24.5 Å². The Morgan fingerprint density at radius 1 is 1.22 bits per heavy atom. The molecule has 0 amide bonds. The molecule has 0 aromatic heterocycles. The molecular weight excluding hydrogens is 356 g/mol. The van der Waals surface area contributed by atoms with Gasteiger partial charge in [-0.15, -0.1) is 0 Å². The predicted molar refractivity (Wildman–Crippen MR) is 95.2 cm³/mol. The van der Waals surface area contributed by atoms with Crippen LogP contribution in [0.2, 0.25) is 0 Å². The van der Waals surface area contributed by atoms with E-state index in [-0.39, 0.29) is 11.9 Å². The quantitative estimate of drug-likeness (QED) is 0.788. The van der Waals surface area contributed by atoms with E-state index in [2.05, 4.69) is 0 Å². The fraction of sp³-hybridized carbons (Fsp3) is 0.350. The highest BCUT2D eigenvalue weighted by atomic mass is 19.2. The van der Waals surface area contributed by atoms with Gasteiger partial charge in [0, 0.05) is 12.6 Å². The molecule has 0 saturated carbocycles. The molecule has 1 heterocycles. The van der Waals surface area contributed by atoms with E-state index >= 15 is 0 Å². The van der Waals surface area contributed by atoms with E-state index in [4.69, 9.17) is 9.47 Å². The van der Waals surface area contributed by atoms with Crippen molar-refractivity contribution in [1.29, 1.82) is 0 Å². The zero-order valence-electron chi connectivity index (χ0n) is 14.9. The van der Waals surface area contributed by atoms with Gasteiger partial charge >= 0.3 is 5.97 Å². The number of ether oxygens (including phenoxy) is 2. The van der Waals surface area contributed by atoms with Crippen LogP contribution in [-0.2, 0) is 4.79 Å². The zero-order valence-corrected chi connectivity index (χ0v) is 14.9. The van der Waals surface area contributed by atoms with Crippen molar-refractivity contribution in [1.82, 2.24) is 4.90 Å². The Morgan fingerprint density at radius 2 is 1.96 bits per heavy atom. The van der Waals surface area contributed by atoms with Gasteiger partial charge in [-0.05, 0) is 50.6 Å². The number of hydrogen-bond donors (Lipinski definition) is 1. The molecule has 7 heteroatoms. The van der Waals surface area contributed by atoms with Crippen LogP contribution in [0.1, 0.15) is 19.8 Å². The largest absolute Gasteiger partial charge is 0.485 e. The lowest BCUT2D eigenvalue weighted by molar-refractivity contribution is -0.142. The fourth-order valence-corrected chi connectivity index (χ4v) is 3.21. The van der Waals surface area contributed by atoms with Crippen LogP contribution in [0.3, 0.4) is 0 Å². The summed E-state index contributed by atoms with van der Waals surface area (Å²) in [5, 5.41) is 9.28. The van der Waals surface area contributed by atoms with E-state index in [1.807, 2.05) is 11.8 Å². The van der Waals surface area contributed by atoms with Crippen molar-refractivity contribution in [3.8, 4) is 17.2 Å². The predicted octanol–water partition coefficient (Wildman–Crippen LogP) is 4.07. The highest BCUT2D eigenvalue weighted by molar-refractivity contribution is 5.73. The van der Waals surface area contributed by atoms with Crippen molar-refractivity contribution in [2.45, 2.75) is 31.9 Å². The van der Waals surface area contributed by atoms with Gasteiger partial charge in [-0.2, -0.15) is 0 Å². The lowest BCUT2D eigenvalue weighted by Gasteiger charge is -2.25. The third kappa shape index (κ3) is 4.74. The first-order chi connectivity index (χ1) is 12.9. The summed E-state index contributed by atoms with van der Waals surface area (Å²) in [6.07, 6.45) is 1.21. The normalized spacial score (nSPS) is 18.3. The number of para-hydroxylation sites is 2. The Bertz CT molecular complexity index is 814. The summed E-state index contributed by atoms with van der Waals surface area (Å²) < 4.78 is 38.0. The molecule has 144 valence electrons. The van der Waals surface area contributed by atoms with E-state index in [1.54, 1.807) is 24.3 Å². The minimum Gasteiger partial charge on any atom is -0.485 e. The third-order valence-corrected chi connectivity index (χ3v) is 4.44. The number of halogens is 2. The molecule has 2 atom stereocenters. The third-order valence-electron chi connectivity index (χ3n) is 4.44. The SMILES string of the molecule is C[C@H](CN1CCC[C@H]1C(=O)O)Oc1ccccc1Oc1ccc(F)c(F)c1. The van der Waals surface area contributed by atoms with Gasteiger partial charge in [0.05, 0.1) is 0 Å². The van der Waals surface area contributed by atoms with E-state index in [0.717, 1.165) is 25.1 Å². The van der Waals surface area contributed by atoms with E-state index in [1.165, 1.54) is 6.07 Å². The van der Waals surface area contributed by atoms with Crippen molar-refractivity contribution < 1.29 is 28.2 Å². The molecule has 0 spiro atoms. The van der Waals surface area contributed by atoms with Crippen molar-refractivity contribution in [2.75, 3.05) is 13.1 Å². The second kappa shape index (κ2) is 8.35. The molecule has 0 unspecified atom stereocenters. The summed E-state index contributed by atoms with van der Waals surface area (Å²) >= 11 is 0. The summed E-state index contributed by atoms with van der Waals surface area (Å²) in [4.78, 5) is 13.2. The summed E-state index contributed by atoms with van der Waals surface area (Å²) in [6, 6.07) is 9.71. The number of likely N-dealkylation sites (tertiary alicyclic amines) is 1. The Labute approximate surface area is 156 Å². The molecule has 1 fully saturated rings. The number of benzene rings is 2. The van der Waals surface area contributed by atoms with Gasteiger partial charge in [0.15, 0.2) is 23.1 Å². The molecule has 2 aromatic carbocycles. The Balaban J connectivity index is 1.68. The highest BCUT2D eigenvalue weighted by Gasteiger charge is 2.31. The maximum Gasteiger partial charge on any atom is 0.320 e. The van der Waals surface area contributed by atoms with Gasteiger partial charge in [0.2, 0.25) is 0 Å². The number of carboxylic acids is 1. The summed E-state index contributed by atoms with van der Waals surface area (Å²) in [5.74, 6) is -1.79. The topological polar surface area (TPSA) is 59.0 Å². The van der Waals surface area contributed by atoms with Gasteiger partial charge in [0.25, 0.3) is 0 Å². The number of rotatable bonds is 7. The highest BCUT2D eigenvalue weighted by Crippen LogP contribution is 2.32. The molecule has 0 aliphatic carbocycles. The lowest BCUT2D eigenvalue weighted by Crippen LogP contribution is -2.41. The van der Waals surface area contributed by atoms with Crippen LogP contribution in [0, 0.1) is 11.6 Å². The molecule has 1 aliphatic rings. The number of hydrogen-bond acceptors (Lipinski definition) is 4. The fourth-order valence-electron chi connectivity index (χ4n) is 3.21. The van der Waals surface area contributed by atoms with E-state index in [9.17, 15) is 18.7 Å². The summed E-state index contributed by atoms with van der Waals surface area (Å²) in [6.45, 7) is 3.04. The number of aliphatic carboxylic acids is 1. The molecule has 1 N–H and O–H groups in total. The molecular formula is C20H21F2NO4. The molecule has 3 rings (SSSR count). The first-order valence-electron chi connectivity index (χ1n) is 8.79. The van der Waals surface area contributed by atoms with Crippen LogP contribution in [0.4, 0.5) is 8.78 Å². The number of nitrogens with zero attached hydrogens (tertiary/aromatic N) is 1. The Kier molecular flexibility index (Phi) is 5.91. The number of carbonyl (C=O) groups is 1. The average Bonchev–Trinajstić information content (AvgIpc) is 3.08. The maximum absolute atomic E-state index is 13.4. The zero-order chi connectivity index (χ0) is 19.4. The molecule has 0 radical (unpaired) electrons. The van der Waals surface area contributed by atoms with Crippen molar-refractivity contribution in [3.05, 3.63) is 54.1 Å². The summed E-state index contributed by atoms with van der Waals surface area (Å²) in [7, 11) is 0. The van der Waals surface area contributed by atoms with Crippen molar-refractivity contribution in [2.24, 2.45) is 0 Å². The lowest BCUT2D eigenvalue weighted by atomic mass is 10.2. The molecule has 1 saturated heterocycles. The number of carboxylic acid groups (broad SMARTS) is 1. The van der Waals surface area contributed by atoms with Crippen molar-refractivity contribution >= 4 is 5.97 Å². The standard InChI is InChI=1S/C20H21F2NO4/c1-13(12-23-10-4-5-17(23)20(24)25)26-18-6-2-3-7-19(18)27-14-8-9-15(21)16(22)11-14/h2-3,6-9,11,13,17H,4-5,10,12H2,1H3,(H,24,25)/t13-,17+/m1/s1. The monoisotopic (exact) mass is 377 g/mol. The molecule has 27 heavy (non-hydrogen) atoms. The van der Waals surface area contributed by atoms with Gasteiger partial charge in [-0.3, -0.25) is 9.69 Å². The maximum atomic E-state index is 13.4. The first-order valence-corrected chi connectivity index (χ1v) is 8.79. The van der Waals surface area contributed by atoms with Crippen LogP contribution in [0.25, 0.3) is 0 Å². The van der Waals surface area contributed by atoms with Gasteiger partial charge in [-0.1, -0.05) is 12.1 Å². The van der Waals surface area contributed by atoms with Gasteiger partial charge in [0.1, 0.15) is 17.9 Å². The molecule has 0 bridgehead atoms. The minimum atomic E-state index is -0.993. The molecule has 2 aromatic rings. The van der Waals surface area contributed by atoms with Crippen LogP contribution in [-0.4, -0.2) is 41.2 Å². The van der Waals surface area contributed by atoms with Crippen LogP contribution < -0.4 is 9.47 Å². The van der Waals surface area contributed by atoms with Gasteiger partial charge < -0.3 is 14.6 Å². The average molecular weight is 377 g/mol. The summed E-state index contributed by atoms with van der Waals surface area (Å²) in [5.41, 5.74) is 0. The second-order valence-corrected chi connectivity index (χ2v) is 6.54. The van der Waals surface area contributed by atoms with Crippen LogP contribution in [0.5, 0.6) is 17.2 Å². The Hall–Kier alpha value is -2.67. The minimum absolute atomic E-state index is 0.156. The van der Waals surface area contributed by atoms with E-state index < -0.39 is 23.6 Å². The molecule has 5 nitrogen and oxygen atoms in total. The van der Waals surface area contributed by atoms with Gasteiger partial charge in [-0.25, -0.2) is 8.78 Å². The first kappa shape index (κ1) is 19.1. The van der Waals surface area contributed by atoms with Crippen LogP contribution >= 0.6 is 0 Å².